The first-order valence-corrected chi connectivity index (χ1v) is 4.72. The minimum absolute atomic E-state index is 0.137. The summed E-state index contributed by atoms with van der Waals surface area (Å²) in [4.78, 5) is 2.05. The van der Waals surface area contributed by atoms with Crippen molar-refractivity contribution in [1.82, 2.24) is 4.90 Å². The van der Waals surface area contributed by atoms with E-state index in [4.69, 9.17) is 15.9 Å². The van der Waals surface area contributed by atoms with E-state index in [2.05, 4.69) is 0 Å². The highest BCUT2D eigenvalue weighted by atomic mass is 16.3. The Bertz CT molecular complexity index is 112. The summed E-state index contributed by atoms with van der Waals surface area (Å²) in [6.07, 6.45) is 2.14. The molecule has 0 aliphatic carbocycles. The number of nitrogens with zero attached hydrogens (tertiary/aromatic N) is 1. The zero-order valence-electron chi connectivity index (χ0n) is 8.66. The van der Waals surface area contributed by atoms with Crippen molar-refractivity contribution in [2.75, 3.05) is 33.9 Å². The van der Waals surface area contributed by atoms with E-state index in [1.807, 2.05) is 19.0 Å². The molecule has 0 rings (SSSR count). The number of rotatable bonds is 7. The van der Waals surface area contributed by atoms with Gasteiger partial charge in [0.2, 0.25) is 0 Å². The van der Waals surface area contributed by atoms with Crippen LogP contribution < -0.4 is 5.73 Å². The van der Waals surface area contributed by atoms with Gasteiger partial charge in [0.05, 0.1) is 0 Å². The Balaban J connectivity index is 4.38. The number of aliphatic hydroxyl groups excluding tert-OH is 2. The Morgan fingerprint density at radius 3 is 1.77 bits per heavy atom. The molecule has 0 aromatic carbocycles. The zero-order valence-corrected chi connectivity index (χ0v) is 8.66. The molecule has 80 valence electrons. The minimum Gasteiger partial charge on any atom is -0.396 e. The molecule has 0 bridgehead atoms. The normalized spacial score (nSPS) is 12.5. The SMILES string of the molecule is CN(C)C(CCN)(CCO)CCO. The lowest BCUT2D eigenvalue weighted by Crippen LogP contribution is -2.47. The Morgan fingerprint density at radius 1 is 1.08 bits per heavy atom. The van der Waals surface area contributed by atoms with Crippen LogP contribution in [0.2, 0.25) is 0 Å². The Morgan fingerprint density at radius 2 is 1.54 bits per heavy atom. The lowest BCUT2D eigenvalue weighted by molar-refractivity contribution is 0.0715. The van der Waals surface area contributed by atoms with Crippen LogP contribution in [0, 0.1) is 0 Å². The molecule has 0 fully saturated rings. The number of hydrogen-bond acceptors (Lipinski definition) is 4. The fourth-order valence-corrected chi connectivity index (χ4v) is 1.73. The fraction of sp³-hybridized carbons (Fsp3) is 1.00. The second-order valence-electron chi connectivity index (χ2n) is 3.60. The van der Waals surface area contributed by atoms with Crippen molar-refractivity contribution in [3.05, 3.63) is 0 Å². The van der Waals surface area contributed by atoms with Gasteiger partial charge >= 0.3 is 0 Å². The summed E-state index contributed by atoms with van der Waals surface area (Å²) in [5, 5.41) is 17.9. The van der Waals surface area contributed by atoms with Gasteiger partial charge in [0.15, 0.2) is 0 Å². The first kappa shape index (κ1) is 12.8. The molecule has 0 amide bonds. The molecule has 0 aromatic heterocycles. The maximum Gasteiger partial charge on any atom is 0.0448 e. The van der Waals surface area contributed by atoms with Crippen LogP contribution in [0.15, 0.2) is 0 Å². The van der Waals surface area contributed by atoms with Crippen LogP contribution in [0.5, 0.6) is 0 Å². The number of hydrogen-bond donors (Lipinski definition) is 3. The Kier molecular flexibility index (Phi) is 6.24. The predicted octanol–water partition coefficient (Wildman–Crippen LogP) is -0.600. The van der Waals surface area contributed by atoms with E-state index < -0.39 is 0 Å². The summed E-state index contributed by atoms with van der Waals surface area (Å²) in [5.41, 5.74) is 5.38. The Labute approximate surface area is 80.3 Å². The third-order valence-corrected chi connectivity index (χ3v) is 2.71. The summed E-state index contributed by atoms with van der Waals surface area (Å²) in [5.74, 6) is 0. The summed E-state index contributed by atoms with van der Waals surface area (Å²) in [6, 6.07) is 0. The van der Waals surface area contributed by atoms with E-state index in [0.717, 1.165) is 6.42 Å². The first-order valence-electron chi connectivity index (χ1n) is 4.72. The number of aliphatic hydroxyl groups is 2. The van der Waals surface area contributed by atoms with Crippen molar-refractivity contribution in [2.24, 2.45) is 5.73 Å². The van der Waals surface area contributed by atoms with Gasteiger partial charge in [-0.25, -0.2) is 0 Å². The standard InChI is InChI=1S/C9H22N2O2/c1-11(2)9(3-6-10,4-7-12)5-8-13/h12-13H,3-8,10H2,1-2H3. The van der Waals surface area contributed by atoms with E-state index in [1.54, 1.807) is 0 Å². The molecule has 0 radical (unpaired) electrons. The molecule has 13 heavy (non-hydrogen) atoms. The van der Waals surface area contributed by atoms with E-state index in [1.165, 1.54) is 0 Å². The van der Waals surface area contributed by atoms with Crippen LogP contribution >= 0.6 is 0 Å². The van der Waals surface area contributed by atoms with Gasteiger partial charge in [-0.1, -0.05) is 0 Å². The lowest BCUT2D eigenvalue weighted by Gasteiger charge is -2.39. The monoisotopic (exact) mass is 190 g/mol. The van der Waals surface area contributed by atoms with Gasteiger partial charge in [0.1, 0.15) is 0 Å². The van der Waals surface area contributed by atoms with E-state index >= 15 is 0 Å². The molecule has 4 nitrogen and oxygen atoms in total. The summed E-state index contributed by atoms with van der Waals surface area (Å²) >= 11 is 0. The molecular weight excluding hydrogens is 168 g/mol. The average molecular weight is 190 g/mol. The van der Waals surface area contributed by atoms with Crippen LogP contribution in [-0.4, -0.2) is 54.5 Å². The zero-order chi connectivity index (χ0) is 10.3. The number of nitrogens with two attached hydrogens (primary N) is 1. The molecule has 0 saturated heterocycles. The second kappa shape index (κ2) is 6.32. The maximum atomic E-state index is 8.95. The summed E-state index contributed by atoms with van der Waals surface area (Å²) in [6.45, 7) is 0.856. The predicted molar refractivity (Wildman–Crippen MR) is 53.5 cm³/mol. The smallest absolute Gasteiger partial charge is 0.0448 e. The molecule has 0 saturated carbocycles. The quantitative estimate of drug-likeness (QED) is 0.501. The average Bonchev–Trinajstić information content (AvgIpc) is 2.05. The van der Waals surface area contributed by atoms with Crippen molar-refractivity contribution >= 4 is 0 Å². The molecule has 0 atom stereocenters. The van der Waals surface area contributed by atoms with Crippen LogP contribution in [0.25, 0.3) is 0 Å². The van der Waals surface area contributed by atoms with Crippen LogP contribution in [0.3, 0.4) is 0 Å². The van der Waals surface area contributed by atoms with Crippen LogP contribution in [0.4, 0.5) is 0 Å². The van der Waals surface area contributed by atoms with Crippen molar-refractivity contribution in [3.8, 4) is 0 Å². The van der Waals surface area contributed by atoms with Crippen LogP contribution in [-0.2, 0) is 0 Å². The molecule has 0 heterocycles. The minimum atomic E-state index is -0.141. The molecule has 0 spiro atoms. The summed E-state index contributed by atoms with van der Waals surface area (Å²) < 4.78 is 0. The van der Waals surface area contributed by atoms with Crippen molar-refractivity contribution in [1.29, 1.82) is 0 Å². The van der Waals surface area contributed by atoms with Crippen LogP contribution in [0.1, 0.15) is 19.3 Å². The highest BCUT2D eigenvalue weighted by Gasteiger charge is 2.30. The summed E-state index contributed by atoms with van der Waals surface area (Å²) in [7, 11) is 3.92. The van der Waals surface area contributed by atoms with Gasteiger partial charge < -0.3 is 20.8 Å². The van der Waals surface area contributed by atoms with Gasteiger partial charge in [-0.15, -0.1) is 0 Å². The third-order valence-electron chi connectivity index (χ3n) is 2.71. The fourth-order valence-electron chi connectivity index (χ4n) is 1.73. The molecular formula is C9H22N2O2. The van der Waals surface area contributed by atoms with Crippen molar-refractivity contribution < 1.29 is 10.2 Å². The largest absolute Gasteiger partial charge is 0.396 e. The van der Waals surface area contributed by atoms with Gasteiger partial charge in [-0.05, 0) is 39.9 Å². The van der Waals surface area contributed by atoms with Gasteiger partial charge in [0, 0.05) is 18.8 Å². The Hall–Kier alpha value is -0.160. The molecule has 0 aliphatic rings. The molecule has 0 unspecified atom stereocenters. The molecule has 4 heteroatoms. The van der Waals surface area contributed by atoms with Gasteiger partial charge in [-0.3, -0.25) is 0 Å². The lowest BCUT2D eigenvalue weighted by atomic mass is 9.87. The first-order chi connectivity index (χ1) is 6.13. The second-order valence-corrected chi connectivity index (χ2v) is 3.60. The molecule has 4 N–H and O–H groups in total. The van der Waals surface area contributed by atoms with Crippen molar-refractivity contribution in [2.45, 2.75) is 24.8 Å². The molecule has 0 aliphatic heterocycles. The highest BCUT2D eigenvalue weighted by molar-refractivity contribution is 4.87. The van der Waals surface area contributed by atoms with E-state index in [-0.39, 0.29) is 18.8 Å². The highest BCUT2D eigenvalue weighted by Crippen LogP contribution is 2.24. The molecule has 0 aromatic rings. The van der Waals surface area contributed by atoms with Crippen molar-refractivity contribution in [3.63, 3.8) is 0 Å². The third kappa shape index (κ3) is 3.60. The van der Waals surface area contributed by atoms with E-state index in [0.29, 0.717) is 19.4 Å². The maximum absolute atomic E-state index is 8.95. The van der Waals surface area contributed by atoms with Gasteiger partial charge in [-0.2, -0.15) is 0 Å². The topological polar surface area (TPSA) is 69.7 Å². The van der Waals surface area contributed by atoms with Gasteiger partial charge in [0.25, 0.3) is 0 Å². The van der Waals surface area contributed by atoms with E-state index in [9.17, 15) is 0 Å².